The zero-order chi connectivity index (χ0) is 50.7. The second-order valence-electron chi connectivity index (χ2n) is 19.2. The van der Waals surface area contributed by atoms with Gasteiger partial charge in [-0.25, -0.2) is 0 Å². The third-order valence-corrected chi connectivity index (χ3v) is 12.3. The van der Waals surface area contributed by atoms with Crippen molar-refractivity contribution in [1.29, 1.82) is 0 Å². The number of rotatable bonds is 52. The van der Waals surface area contributed by atoms with Gasteiger partial charge >= 0.3 is 17.9 Å². The molecule has 0 aliphatic rings. The predicted molar refractivity (Wildman–Crippen MR) is 302 cm³/mol. The summed E-state index contributed by atoms with van der Waals surface area (Å²) in [5.74, 6) is -0.904. The van der Waals surface area contributed by atoms with Gasteiger partial charge in [-0.05, 0) is 96.3 Å². The third-order valence-electron chi connectivity index (χ3n) is 12.3. The molecule has 0 bridgehead atoms. The van der Waals surface area contributed by atoms with Crippen LogP contribution in [0.1, 0.15) is 271 Å². The molecule has 0 aliphatic heterocycles. The minimum Gasteiger partial charge on any atom is -0.462 e. The summed E-state index contributed by atoms with van der Waals surface area (Å²) in [6.07, 6.45) is 76.9. The van der Waals surface area contributed by atoms with E-state index in [9.17, 15) is 14.4 Å². The van der Waals surface area contributed by atoms with Crippen LogP contribution in [0, 0.1) is 0 Å². The molecule has 0 rings (SSSR count). The summed E-state index contributed by atoms with van der Waals surface area (Å²) in [5.41, 5.74) is 0. The Kier molecular flexibility index (Phi) is 54.9. The van der Waals surface area contributed by atoms with Crippen molar-refractivity contribution in [2.24, 2.45) is 0 Å². The van der Waals surface area contributed by atoms with Crippen LogP contribution in [0.5, 0.6) is 0 Å². The maximum Gasteiger partial charge on any atom is 0.306 e. The highest BCUT2D eigenvalue weighted by atomic mass is 16.6. The van der Waals surface area contributed by atoms with Crippen molar-refractivity contribution < 1.29 is 28.6 Å². The van der Waals surface area contributed by atoms with Crippen molar-refractivity contribution >= 4 is 17.9 Å². The first kappa shape index (κ1) is 66.3. The highest BCUT2D eigenvalue weighted by Gasteiger charge is 2.19. The molecule has 0 N–H and O–H groups in total. The number of unbranched alkanes of at least 4 members (excludes halogenated alkanes) is 25. The van der Waals surface area contributed by atoms with Crippen LogP contribution in [0.3, 0.4) is 0 Å². The fourth-order valence-corrected chi connectivity index (χ4v) is 7.95. The first-order chi connectivity index (χ1) is 34.5. The maximum atomic E-state index is 12.8. The largest absolute Gasteiger partial charge is 0.462 e. The first-order valence-electron chi connectivity index (χ1n) is 29.2. The van der Waals surface area contributed by atoms with Gasteiger partial charge in [-0.2, -0.15) is 0 Å². The number of carbonyl (C=O) groups excluding carboxylic acids is 3. The van der Waals surface area contributed by atoms with E-state index in [0.717, 1.165) is 135 Å². The topological polar surface area (TPSA) is 78.9 Å². The molecule has 400 valence electrons. The summed E-state index contributed by atoms with van der Waals surface area (Å²) in [5, 5.41) is 0. The van der Waals surface area contributed by atoms with Crippen molar-refractivity contribution in [1.82, 2.24) is 0 Å². The molecule has 0 amide bonds. The Hall–Kier alpha value is -3.67. The van der Waals surface area contributed by atoms with Gasteiger partial charge in [0.2, 0.25) is 0 Å². The summed E-state index contributed by atoms with van der Waals surface area (Å²) in [4.78, 5) is 38.1. The zero-order valence-electron chi connectivity index (χ0n) is 45.8. The van der Waals surface area contributed by atoms with Crippen LogP contribution in [0.15, 0.2) is 97.2 Å². The van der Waals surface area contributed by atoms with Crippen molar-refractivity contribution in [3.05, 3.63) is 97.2 Å². The average Bonchev–Trinajstić information content (AvgIpc) is 3.36. The summed E-state index contributed by atoms with van der Waals surface area (Å²) >= 11 is 0. The van der Waals surface area contributed by atoms with E-state index < -0.39 is 6.10 Å². The highest BCUT2D eigenvalue weighted by Crippen LogP contribution is 2.15. The molecule has 70 heavy (non-hydrogen) atoms. The number of hydrogen-bond donors (Lipinski definition) is 0. The normalized spacial score (nSPS) is 12.8. The number of ether oxygens (including phenoxy) is 3. The molecule has 0 heterocycles. The highest BCUT2D eigenvalue weighted by molar-refractivity contribution is 5.71. The van der Waals surface area contributed by atoms with Gasteiger partial charge < -0.3 is 14.2 Å². The monoisotopic (exact) mass is 973 g/mol. The fraction of sp³-hybridized carbons (Fsp3) is 0.703. The van der Waals surface area contributed by atoms with Gasteiger partial charge in [0.15, 0.2) is 6.10 Å². The molecular formula is C64H108O6. The third kappa shape index (κ3) is 55.3. The zero-order valence-corrected chi connectivity index (χ0v) is 45.8. The van der Waals surface area contributed by atoms with Gasteiger partial charge in [-0.15, -0.1) is 0 Å². The first-order valence-corrected chi connectivity index (χ1v) is 29.2. The second kappa shape index (κ2) is 57.9. The molecule has 6 heteroatoms. The molecule has 0 aliphatic carbocycles. The lowest BCUT2D eigenvalue weighted by Gasteiger charge is -2.18. The van der Waals surface area contributed by atoms with E-state index in [-0.39, 0.29) is 31.1 Å². The lowest BCUT2D eigenvalue weighted by Crippen LogP contribution is -2.30. The molecule has 0 aromatic heterocycles. The molecule has 0 saturated carbocycles. The van der Waals surface area contributed by atoms with Crippen molar-refractivity contribution in [2.45, 2.75) is 277 Å². The number of esters is 3. The maximum absolute atomic E-state index is 12.8. The van der Waals surface area contributed by atoms with E-state index in [1.807, 2.05) is 0 Å². The van der Waals surface area contributed by atoms with Gasteiger partial charge in [0, 0.05) is 19.3 Å². The van der Waals surface area contributed by atoms with Crippen molar-refractivity contribution in [2.75, 3.05) is 13.2 Å². The Bertz CT molecular complexity index is 1400. The minimum absolute atomic E-state index is 0.0839. The Balaban J connectivity index is 4.29. The quantitative estimate of drug-likeness (QED) is 0.0262. The van der Waals surface area contributed by atoms with E-state index in [1.54, 1.807) is 0 Å². The van der Waals surface area contributed by atoms with Crippen LogP contribution in [-0.2, 0) is 28.6 Å². The number of carbonyl (C=O) groups is 3. The molecule has 6 nitrogen and oxygen atoms in total. The van der Waals surface area contributed by atoms with Gasteiger partial charge in [-0.3, -0.25) is 14.4 Å². The Morgan fingerprint density at radius 1 is 0.300 bits per heavy atom. The van der Waals surface area contributed by atoms with Gasteiger partial charge in [0.05, 0.1) is 0 Å². The molecule has 0 aromatic rings. The van der Waals surface area contributed by atoms with Crippen molar-refractivity contribution in [3.63, 3.8) is 0 Å². The lowest BCUT2D eigenvalue weighted by molar-refractivity contribution is -0.167. The lowest BCUT2D eigenvalue weighted by atomic mass is 10.0. The summed E-state index contributed by atoms with van der Waals surface area (Å²) in [6, 6.07) is 0. The molecule has 1 unspecified atom stereocenters. The average molecular weight is 974 g/mol. The molecular weight excluding hydrogens is 865 g/mol. The van der Waals surface area contributed by atoms with E-state index in [4.69, 9.17) is 14.2 Å². The van der Waals surface area contributed by atoms with E-state index in [0.29, 0.717) is 19.3 Å². The van der Waals surface area contributed by atoms with Crippen molar-refractivity contribution in [3.8, 4) is 0 Å². The Morgan fingerprint density at radius 3 is 0.929 bits per heavy atom. The van der Waals surface area contributed by atoms with Crippen LogP contribution in [0.4, 0.5) is 0 Å². The Morgan fingerprint density at radius 2 is 0.586 bits per heavy atom. The smallest absolute Gasteiger partial charge is 0.306 e. The number of hydrogen-bond acceptors (Lipinski definition) is 6. The molecule has 0 fully saturated rings. The van der Waals surface area contributed by atoms with Crippen LogP contribution in [-0.4, -0.2) is 37.2 Å². The second-order valence-corrected chi connectivity index (χ2v) is 19.2. The minimum atomic E-state index is -0.787. The van der Waals surface area contributed by atoms with Gasteiger partial charge in [0.25, 0.3) is 0 Å². The molecule has 0 aromatic carbocycles. The fourth-order valence-electron chi connectivity index (χ4n) is 7.95. The summed E-state index contributed by atoms with van der Waals surface area (Å²) in [6.45, 7) is 6.45. The van der Waals surface area contributed by atoms with E-state index in [2.05, 4.69) is 118 Å². The number of allylic oxidation sites excluding steroid dienone is 16. The van der Waals surface area contributed by atoms with Gasteiger partial charge in [-0.1, -0.05) is 253 Å². The predicted octanol–water partition coefficient (Wildman–Crippen LogP) is 19.7. The van der Waals surface area contributed by atoms with E-state index >= 15 is 0 Å². The standard InChI is InChI=1S/C64H108O6/c1-4-7-10-13-16-19-22-25-26-27-28-29-30-31-32-33-34-35-36-37-38-40-42-45-48-51-54-57-63(66)69-60-61(59-68-62(65)56-53-50-47-44-41-24-21-18-15-12-9-6-3)70-64(67)58-55-52-49-46-43-39-23-20-17-14-11-8-5-2/h7,10-11,14,16,19-20,23,25-26,28-29,31-32,34-35,61H,4-6,8-9,12-13,15,17-18,21-22,24,27,30,33,36-60H2,1-3H3/b10-7-,14-11-,19-16-,23-20-,26-25-,29-28-,32-31-,35-34-. The van der Waals surface area contributed by atoms with Crippen LogP contribution in [0.25, 0.3) is 0 Å². The van der Waals surface area contributed by atoms with Crippen LogP contribution in [0.2, 0.25) is 0 Å². The SMILES string of the molecule is CC/C=C\C/C=C\C/C=C\C/C=C\C/C=C\C/C=C\CCCCCCCCCCC(=O)OCC(COC(=O)CCCCCCCCCCCCCC)OC(=O)CCCCCCC/C=C\C/C=C\CCC. The van der Waals surface area contributed by atoms with Crippen LogP contribution < -0.4 is 0 Å². The van der Waals surface area contributed by atoms with E-state index in [1.165, 1.54) is 96.3 Å². The summed E-state index contributed by atoms with van der Waals surface area (Å²) in [7, 11) is 0. The molecule has 1 atom stereocenters. The molecule has 0 saturated heterocycles. The van der Waals surface area contributed by atoms with Gasteiger partial charge in [0.1, 0.15) is 13.2 Å². The molecule has 0 spiro atoms. The van der Waals surface area contributed by atoms with Crippen LogP contribution >= 0.6 is 0 Å². The molecule has 0 radical (unpaired) electrons. The summed E-state index contributed by atoms with van der Waals surface area (Å²) < 4.78 is 16.8. The Labute approximate surface area is 432 Å².